The van der Waals surface area contributed by atoms with Crippen LogP contribution in [0.2, 0.25) is 0 Å². The Bertz CT molecular complexity index is 2020. The van der Waals surface area contributed by atoms with Crippen molar-refractivity contribution in [3.05, 3.63) is 70.4 Å². The molecule has 2 aromatic heterocycles. The molecule has 1 aliphatic carbocycles. The van der Waals surface area contributed by atoms with Crippen LogP contribution in [-0.4, -0.2) is 71.8 Å². The predicted octanol–water partition coefficient (Wildman–Crippen LogP) is 4.44. The Hall–Kier alpha value is -4.73. The minimum absolute atomic E-state index is 0.0393. The van der Waals surface area contributed by atoms with Crippen molar-refractivity contribution in [3.63, 3.8) is 0 Å². The highest BCUT2D eigenvalue weighted by Crippen LogP contribution is 2.47. The van der Waals surface area contributed by atoms with Crippen LogP contribution < -0.4 is 20.7 Å². The number of rotatable bonds is 8. The number of aromatic nitrogens is 2. The number of primary amides is 1. The van der Waals surface area contributed by atoms with Crippen LogP contribution in [0.1, 0.15) is 49.4 Å². The van der Waals surface area contributed by atoms with Crippen LogP contribution in [-0.2, 0) is 14.6 Å². The molecule has 14 nitrogen and oxygen atoms in total. The lowest BCUT2D eigenvalue weighted by Crippen LogP contribution is -2.53. The smallest absolute Gasteiger partial charge is 0.293 e. The highest BCUT2D eigenvalue weighted by atomic mass is 32.2. The summed E-state index contributed by atoms with van der Waals surface area (Å²) in [6, 6.07) is 11.2. The van der Waals surface area contributed by atoms with Gasteiger partial charge in [0.25, 0.3) is 11.6 Å². The summed E-state index contributed by atoms with van der Waals surface area (Å²) in [7, 11) is -4.48. The standard InChI is InChI=1S/C33H36N6O8S/c1-33(41)11-7-19(8-12-33)17-36-23-6-5-21(16-25(23)39(42)43)48(44,45)28-4-2-3-22(30(34)40)29(28)38-24-10-14-46-18-27(24)47-32-26(38)15-20-9-13-35-31(20)37-32/h2-6,9,13,15-16,19,24,27,36,41H,7-8,10-12,14,17-18H2,1H3,(H2,34,40)(H,35,37)/t19?,24-,27-,33?/m0/s1. The summed E-state index contributed by atoms with van der Waals surface area (Å²) in [4.78, 5) is 33.5. The maximum atomic E-state index is 14.5. The van der Waals surface area contributed by atoms with Crippen molar-refractivity contribution in [2.75, 3.05) is 30.0 Å². The highest BCUT2D eigenvalue weighted by Gasteiger charge is 2.43. The first kappa shape index (κ1) is 31.8. The summed E-state index contributed by atoms with van der Waals surface area (Å²) in [5, 5.41) is 26.4. The van der Waals surface area contributed by atoms with Gasteiger partial charge in [-0.25, -0.2) is 8.42 Å². The summed E-state index contributed by atoms with van der Waals surface area (Å²) >= 11 is 0. The zero-order valence-corrected chi connectivity index (χ0v) is 27.0. The molecule has 5 N–H and O–H groups in total. The Balaban J connectivity index is 1.32. The average molecular weight is 677 g/mol. The molecule has 1 amide bonds. The fourth-order valence-electron chi connectivity index (χ4n) is 6.98. The van der Waals surface area contributed by atoms with E-state index >= 15 is 0 Å². The lowest BCUT2D eigenvalue weighted by molar-refractivity contribution is -0.384. The maximum Gasteiger partial charge on any atom is 0.293 e. The molecule has 0 spiro atoms. The fraction of sp³-hybridized carbons (Fsp3) is 0.394. The summed E-state index contributed by atoms with van der Waals surface area (Å²) < 4.78 is 41.0. The molecule has 4 heterocycles. The number of anilines is 3. The number of fused-ring (bicyclic) bond motifs is 3. The molecule has 7 rings (SSSR count). The van der Waals surface area contributed by atoms with E-state index in [9.17, 15) is 28.4 Å². The van der Waals surface area contributed by atoms with Crippen molar-refractivity contribution in [2.45, 2.75) is 66.6 Å². The summed E-state index contributed by atoms with van der Waals surface area (Å²) in [6.07, 6.45) is 4.45. The minimum Gasteiger partial charge on any atom is -0.468 e. The zero-order chi connectivity index (χ0) is 33.8. The van der Waals surface area contributed by atoms with Gasteiger partial charge in [-0.1, -0.05) is 6.07 Å². The molecule has 48 heavy (non-hydrogen) atoms. The number of ether oxygens (including phenoxy) is 2. The molecule has 0 unspecified atom stereocenters. The molecular formula is C33H36N6O8S. The number of aliphatic hydroxyl groups is 1. The Morgan fingerprint density at radius 3 is 2.75 bits per heavy atom. The van der Waals surface area contributed by atoms with Gasteiger partial charge >= 0.3 is 0 Å². The zero-order valence-electron chi connectivity index (χ0n) is 26.2. The van der Waals surface area contributed by atoms with Gasteiger partial charge in [0.05, 0.1) is 44.2 Å². The molecule has 2 aromatic carbocycles. The molecule has 2 atom stereocenters. The van der Waals surface area contributed by atoms with Crippen LogP contribution in [0, 0.1) is 16.0 Å². The van der Waals surface area contributed by atoms with E-state index in [4.69, 9.17) is 15.2 Å². The number of benzene rings is 2. The first-order chi connectivity index (χ1) is 22.9. The van der Waals surface area contributed by atoms with Gasteiger partial charge in [-0.3, -0.25) is 14.9 Å². The van der Waals surface area contributed by atoms with Crippen LogP contribution in [0.3, 0.4) is 0 Å². The number of pyridine rings is 1. The molecular weight excluding hydrogens is 640 g/mol. The number of carbonyl (C=O) groups is 1. The number of H-pyrrole nitrogens is 1. The van der Waals surface area contributed by atoms with E-state index in [1.807, 2.05) is 19.1 Å². The van der Waals surface area contributed by atoms with Crippen molar-refractivity contribution in [1.29, 1.82) is 0 Å². The second-order valence-electron chi connectivity index (χ2n) is 13.0. The lowest BCUT2D eigenvalue weighted by Gasteiger charge is -2.45. The second-order valence-corrected chi connectivity index (χ2v) is 14.9. The van der Waals surface area contributed by atoms with Gasteiger partial charge in [0.1, 0.15) is 23.1 Å². The van der Waals surface area contributed by atoms with Gasteiger partial charge in [-0.05, 0) is 81.3 Å². The highest BCUT2D eigenvalue weighted by molar-refractivity contribution is 7.91. The van der Waals surface area contributed by atoms with E-state index in [0.717, 1.165) is 24.3 Å². The maximum absolute atomic E-state index is 14.5. The third-order valence-corrected chi connectivity index (χ3v) is 11.4. The molecule has 3 aliphatic rings. The van der Waals surface area contributed by atoms with E-state index < -0.39 is 44.1 Å². The molecule has 252 valence electrons. The number of hydrogen-bond acceptors (Lipinski definition) is 11. The first-order valence-corrected chi connectivity index (χ1v) is 17.4. The van der Waals surface area contributed by atoms with Gasteiger partial charge in [-0.2, -0.15) is 4.98 Å². The SMILES string of the molecule is CC1(O)CCC(CNc2ccc(S(=O)(=O)c3cccc(C(N)=O)c3N3c4cc5cc[nH]c5nc4O[C@H]4COCC[C@@H]43)cc2[N+](=O)[O-])CC1. The molecule has 4 aromatic rings. The number of nitrogens with two attached hydrogens (primary N) is 1. The normalized spacial score (nSPS) is 24.0. The van der Waals surface area contributed by atoms with Crippen LogP contribution in [0.5, 0.6) is 5.88 Å². The number of hydrogen-bond donors (Lipinski definition) is 4. The summed E-state index contributed by atoms with van der Waals surface area (Å²) in [5.41, 5.74) is 5.99. The number of nitro groups is 1. The van der Waals surface area contributed by atoms with E-state index in [0.29, 0.717) is 43.7 Å². The quantitative estimate of drug-likeness (QED) is 0.152. The largest absolute Gasteiger partial charge is 0.468 e. The number of nitro benzene ring substituents is 1. The Labute approximate surface area is 276 Å². The Morgan fingerprint density at radius 2 is 2.00 bits per heavy atom. The molecule has 2 fully saturated rings. The van der Waals surface area contributed by atoms with E-state index in [1.54, 1.807) is 11.1 Å². The van der Waals surface area contributed by atoms with Gasteiger partial charge < -0.3 is 35.5 Å². The van der Waals surface area contributed by atoms with E-state index in [1.165, 1.54) is 30.3 Å². The van der Waals surface area contributed by atoms with E-state index in [2.05, 4.69) is 15.3 Å². The molecule has 1 saturated carbocycles. The number of amides is 1. The second kappa shape index (κ2) is 12.1. The number of nitrogens with one attached hydrogen (secondary N) is 2. The number of carbonyl (C=O) groups excluding carboxylic acids is 1. The van der Waals surface area contributed by atoms with Crippen molar-refractivity contribution < 1.29 is 32.7 Å². The number of nitrogens with zero attached hydrogens (tertiary/aromatic N) is 3. The Morgan fingerprint density at radius 1 is 1.21 bits per heavy atom. The van der Waals surface area contributed by atoms with Crippen molar-refractivity contribution >= 4 is 49.5 Å². The van der Waals surface area contributed by atoms with Gasteiger partial charge in [-0.15, -0.1) is 0 Å². The van der Waals surface area contributed by atoms with Gasteiger partial charge in [0.15, 0.2) is 0 Å². The monoisotopic (exact) mass is 676 g/mol. The molecule has 0 bridgehead atoms. The van der Waals surface area contributed by atoms with Crippen molar-refractivity contribution in [1.82, 2.24) is 9.97 Å². The molecule has 15 heteroatoms. The molecule has 2 aliphatic heterocycles. The number of para-hydroxylation sites is 1. The average Bonchev–Trinajstić information content (AvgIpc) is 3.52. The third kappa shape index (κ3) is 5.71. The van der Waals surface area contributed by atoms with Crippen LogP contribution in [0.15, 0.2) is 64.5 Å². The van der Waals surface area contributed by atoms with Gasteiger partial charge in [0.2, 0.25) is 15.7 Å². The summed E-state index contributed by atoms with van der Waals surface area (Å²) in [6.45, 7) is 2.84. The topological polar surface area (TPSA) is 203 Å². The van der Waals surface area contributed by atoms with Crippen molar-refractivity contribution in [3.8, 4) is 5.88 Å². The molecule has 1 saturated heterocycles. The third-order valence-electron chi connectivity index (χ3n) is 9.64. The van der Waals surface area contributed by atoms with Crippen LogP contribution in [0.4, 0.5) is 22.7 Å². The first-order valence-electron chi connectivity index (χ1n) is 15.9. The molecule has 0 radical (unpaired) electrons. The van der Waals surface area contributed by atoms with E-state index in [-0.39, 0.29) is 45.1 Å². The summed E-state index contributed by atoms with van der Waals surface area (Å²) in [5.74, 6) is -0.407. The fourth-order valence-corrected chi connectivity index (χ4v) is 8.47. The Kier molecular flexibility index (Phi) is 8.00. The predicted molar refractivity (Wildman–Crippen MR) is 176 cm³/mol. The van der Waals surface area contributed by atoms with Crippen molar-refractivity contribution in [2.24, 2.45) is 11.7 Å². The lowest BCUT2D eigenvalue weighted by atomic mass is 9.80. The van der Waals surface area contributed by atoms with Crippen LogP contribution in [0.25, 0.3) is 11.0 Å². The minimum atomic E-state index is -4.48. The number of aromatic amines is 1. The number of sulfone groups is 1. The van der Waals surface area contributed by atoms with Crippen LogP contribution >= 0.6 is 0 Å². The van der Waals surface area contributed by atoms with Gasteiger partial charge in [0, 0.05) is 30.8 Å².